The molecule has 0 aliphatic carbocycles. The number of rotatable bonds is 6. The highest BCUT2D eigenvalue weighted by Gasteiger charge is 2.16. The first kappa shape index (κ1) is 14.8. The molecule has 1 aromatic carbocycles. The fraction of sp³-hybridized carbons (Fsp3) is 0.273. The van der Waals surface area contributed by atoms with Crippen molar-refractivity contribution < 1.29 is 17.9 Å². The van der Waals surface area contributed by atoms with Crippen molar-refractivity contribution in [2.24, 2.45) is 0 Å². The van der Waals surface area contributed by atoms with Crippen molar-refractivity contribution in [3.8, 4) is 11.5 Å². The van der Waals surface area contributed by atoms with Gasteiger partial charge in [0.2, 0.25) is 10.0 Å². The number of halogens is 1. The third-order valence-corrected chi connectivity index (χ3v) is 3.65. The minimum atomic E-state index is -3.64. The largest absolute Gasteiger partial charge is 0.493 e. The van der Waals surface area contributed by atoms with E-state index in [-0.39, 0.29) is 16.5 Å². The summed E-state index contributed by atoms with van der Waals surface area (Å²) in [5.41, 5.74) is 0. The van der Waals surface area contributed by atoms with E-state index in [1.54, 1.807) is 0 Å². The van der Waals surface area contributed by atoms with Crippen molar-refractivity contribution in [2.45, 2.75) is 4.90 Å². The highest BCUT2D eigenvalue weighted by molar-refractivity contribution is 7.89. The van der Waals surface area contributed by atoms with Gasteiger partial charge in [-0.15, -0.1) is 0 Å². The maximum Gasteiger partial charge on any atom is 0.241 e. The van der Waals surface area contributed by atoms with Crippen molar-refractivity contribution in [3.05, 3.63) is 29.8 Å². The van der Waals surface area contributed by atoms with Gasteiger partial charge in [0.05, 0.1) is 19.1 Å². The molecule has 0 heterocycles. The Morgan fingerprint density at radius 3 is 2.44 bits per heavy atom. The average Bonchev–Trinajstić information content (AvgIpc) is 2.35. The highest BCUT2D eigenvalue weighted by Crippen LogP contribution is 2.29. The Kier molecular flexibility index (Phi) is 5.01. The Morgan fingerprint density at radius 1 is 1.33 bits per heavy atom. The van der Waals surface area contributed by atoms with Crippen molar-refractivity contribution in [1.82, 2.24) is 4.72 Å². The molecular weight excluding hydrogens is 278 g/mol. The van der Waals surface area contributed by atoms with Crippen LogP contribution >= 0.6 is 11.6 Å². The minimum absolute atomic E-state index is 0.0295. The quantitative estimate of drug-likeness (QED) is 0.867. The number of sulfonamides is 1. The second kappa shape index (κ2) is 6.08. The Hall–Kier alpha value is -1.24. The van der Waals surface area contributed by atoms with Crippen LogP contribution in [0.1, 0.15) is 0 Å². The maximum absolute atomic E-state index is 11.9. The molecule has 7 heteroatoms. The van der Waals surface area contributed by atoms with Crippen LogP contribution in [0.15, 0.2) is 34.7 Å². The van der Waals surface area contributed by atoms with E-state index in [1.165, 1.54) is 32.4 Å². The van der Waals surface area contributed by atoms with E-state index >= 15 is 0 Å². The van der Waals surface area contributed by atoms with Gasteiger partial charge in [-0.1, -0.05) is 18.2 Å². The lowest BCUT2D eigenvalue weighted by atomic mass is 10.3. The predicted octanol–water partition coefficient (Wildman–Crippen LogP) is 1.73. The Labute approximate surface area is 111 Å². The summed E-state index contributed by atoms with van der Waals surface area (Å²) in [5.74, 6) is 0.795. The normalized spacial score (nSPS) is 11.1. The second-order valence-corrected chi connectivity index (χ2v) is 5.66. The molecule has 0 bridgehead atoms. The molecule has 100 valence electrons. The molecule has 18 heavy (non-hydrogen) atoms. The van der Waals surface area contributed by atoms with Crippen molar-refractivity contribution >= 4 is 21.6 Å². The third-order valence-electron chi connectivity index (χ3n) is 2.12. The van der Waals surface area contributed by atoms with E-state index in [0.717, 1.165) is 0 Å². The monoisotopic (exact) mass is 291 g/mol. The summed E-state index contributed by atoms with van der Waals surface area (Å²) in [7, 11) is -0.737. The van der Waals surface area contributed by atoms with Crippen molar-refractivity contribution in [1.29, 1.82) is 0 Å². The van der Waals surface area contributed by atoms with Gasteiger partial charge in [0.25, 0.3) is 0 Å². The van der Waals surface area contributed by atoms with Crippen LogP contribution in [-0.2, 0) is 10.0 Å². The van der Waals surface area contributed by atoms with E-state index in [2.05, 4.69) is 11.3 Å². The first-order valence-corrected chi connectivity index (χ1v) is 6.82. The van der Waals surface area contributed by atoms with Gasteiger partial charge < -0.3 is 9.47 Å². The predicted molar refractivity (Wildman–Crippen MR) is 69.7 cm³/mol. The van der Waals surface area contributed by atoms with E-state index < -0.39 is 10.0 Å². The van der Waals surface area contributed by atoms with Gasteiger partial charge in [0.1, 0.15) is 0 Å². The van der Waals surface area contributed by atoms with Gasteiger partial charge in [-0.2, -0.15) is 0 Å². The molecule has 1 N–H and O–H groups in total. The zero-order chi connectivity index (χ0) is 13.8. The summed E-state index contributed by atoms with van der Waals surface area (Å²) in [5, 5.41) is 0.207. The molecular formula is C11H14ClNO4S. The molecule has 0 atom stereocenters. The lowest BCUT2D eigenvalue weighted by Crippen LogP contribution is -2.24. The first-order valence-electron chi connectivity index (χ1n) is 4.95. The Morgan fingerprint density at radius 2 is 1.94 bits per heavy atom. The molecule has 0 radical (unpaired) electrons. The standard InChI is InChI=1S/C11H14ClNO4S/c1-8(12)7-13-18(14,15)9-4-5-10(16-2)11(6-9)17-3/h4-6,13H,1,7H2,2-3H3. The van der Waals surface area contributed by atoms with Gasteiger partial charge in [-0.3, -0.25) is 0 Å². The molecule has 0 aliphatic rings. The number of benzene rings is 1. The van der Waals surface area contributed by atoms with Crippen molar-refractivity contribution in [3.63, 3.8) is 0 Å². The molecule has 0 aromatic heterocycles. The van der Waals surface area contributed by atoms with Crippen LogP contribution in [-0.4, -0.2) is 29.2 Å². The van der Waals surface area contributed by atoms with E-state index in [4.69, 9.17) is 21.1 Å². The molecule has 0 saturated heterocycles. The molecule has 0 saturated carbocycles. The van der Waals surface area contributed by atoms with E-state index in [9.17, 15) is 8.42 Å². The van der Waals surface area contributed by atoms with Crippen LogP contribution in [0.5, 0.6) is 11.5 Å². The number of hydrogen-bond acceptors (Lipinski definition) is 4. The smallest absolute Gasteiger partial charge is 0.241 e. The fourth-order valence-electron chi connectivity index (χ4n) is 1.24. The zero-order valence-electron chi connectivity index (χ0n) is 10.1. The molecule has 0 fully saturated rings. The van der Waals surface area contributed by atoms with Gasteiger partial charge in [0, 0.05) is 17.6 Å². The van der Waals surface area contributed by atoms with E-state index in [0.29, 0.717) is 11.5 Å². The van der Waals surface area contributed by atoms with Gasteiger partial charge in [-0.05, 0) is 12.1 Å². The van der Waals surface area contributed by atoms with Crippen LogP contribution in [0.25, 0.3) is 0 Å². The zero-order valence-corrected chi connectivity index (χ0v) is 11.6. The van der Waals surface area contributed by atoms with Gasteiger partial charge >= 0.3 is 0 Å². The summed E-state index contributed by atoms with van der Waals surface area (Å²) in [6.45, 7) is 3.38. The second-order valence-electron chi connectivity index (χ2n) is 3.36. The van der Waals surface area contributed by atoms with Gasteiger partial charge in [-0.25, -0.2) is 13.1 Å². The summed E-state index contributed by atoms with van der Waals surface area (Å²) in [4.78, 5) is 0.0677. The molecule has 0 spiro atoms. The molecule has 0 aliphatic heterocycles. The number of methoxy groups -OCH3 is 2. The molecule has 1 aromatic rings. The summed E-state index contributed by atoms with van der Waals surface area (Å²) < 4.78 is 36.2. The SMILES string of the molecule is C=C(Cl)CNS(=O)(=O)c1ccc(OC)c(OC)c1. The lowest BCUT2D eigenvalue weighted by Gasteiger charge is -2.10. The Bertz CT molecular complexity index is 542. The molecule has 0 amide bonds. The molecule has 5 nitrogen and oxygen atoms in total. The maximum atomic E-state index is 11.9. The minimum Gasteiger partial charge on any atom is -0.493 e. The number of nitrogens with one attached hydrogen (secondary N) is 1. The summed E-state index contributed by atoms with van der Waals surface area (Å²) in [6.07, 6.45) is 0. The first-order chi connectivity index (χ1) is 8.40. The average molecular weight is 292 g/mol. The Balaban J connectivity index is 3.06. The van der Waals surface area contributed by atoms with Crippen LogP contribution in [0.4, 0.5) is 0 Å². The van der Waals surface area contributed by atoms with Crippen LogP contribution in [0.2, 0.25) is 0 Å². The fourth-order valence-corrected chi connectivity index (χ4v) is 2.43. The summed E-state index contributed by atoms with van der Waals surface area (Å²) >= 11 is 5.51. The highest BCUT2D eigenvalue weighted by atomic mass is 35.5. The molecule has 0 unspecified atom stereocenters. The van der Waals surface area contributed by atoms with Crippen LogP contribution in [0, 0.1) is 0 Å². The van der Waals surface area contributed by atoms with Gasteiger partial charge in [0.15, 0.2) is 11.5 Å². The lowest BCUT2D eigenvalue weighted by molar-refractivity contribution is 0.354. The topological polar surface area (TPSA) is 64.6 Å². The van der Waals surface area contributed by atoms with Crippen LogP contribution in [0.3, 0.4) is 0 Å². The number of hydrogen-bond donors (Lipinski definition) is 1. The molecule has 1 rings (SSSR count). The summed E-state index contributed by atoms with van der Waals surface area (Å²) in [6, 6.07) is 4.31. The van der Waals surface area contributed by atoms with E-state index in [1.807, 2.05) is 0 Å². The van der Waals surface area contributed by atoms with Crippen LogP contribution < -0.4 is 14.2 Å². The third kappa shape index (κ3) is 3.63. The van der Waals surface area contributed by atoms with Crippen molar-refractivity contribution in [2.75, 3.05) is 20.8 Å². The number of ether oxygens (including phenoxy) is 2.